The van der Waals surface area contributed by atoms with E-state index in [1.807, 2.05) is 6.07 Å². The quantitative estimate of drug-likeness (QED) is 0.645. The first-order valence-electron chi connectivity index (χ1n) is 6.98. The van der Waals surface area contributed by atoms with Crippen LogP contribution < -0.4 is 11.3 Å². The molecule has 1 heterocycles. The molecule has 2 rings (SSSR count). The number of hydrazine groups is 1. The third-order valence-electron chi connectivity index (χ3n) is 3.87. The molecule has 0 bridgehead atoms. The van der Waals surface area contributed by atoms with Crippen LogP contribution in [0.25, 0.3) is 0 Å². The summed E-state index contributed by atoms with van der Waals surface area (Å²) in [5, 5.41) is 0.861. The molecule has 0 aliphatic carbocycles. The normalized spacial score (nSPS) is 18.5. The molecule has 3 N–H and O–H groups in total. The number of hydrogen-bond donors (Lipinski definition) is 2. The van der Waals surface area contributed by atoms with E-state index in [0.717, 1.165) is 23.8 Å². The number of hydrogen-bond acceptors (Lipinski definition) is 3. The molecule has 0 saturated carbocycles. The van der Waals surface area contributed by atoms with Gasteiger partial charge in [0, 0.05) is 11.1 Å². The van der Waals surface area contributed by atoms with E-state index in [-0.39, 0.29) is 0 Å². The van der Waals surface area contributed by atoms with Crippen molar-refractivity contribution in [2.75, 3.05) is 11.5 Å². The van der Waals surface area contributed by atoms with Gasteiger partial charge >= 0.3 is 0 Å². The molecule has 0 aromatic heterocycles. The zero-order valence-corrected chi connectivity index (χ0v) is 13.1. The second-order valence-electron chi connectivity index (χ2n) is 5.45. The van der Waals surface area contributed by atoms with Crippen LogP contribution in [0.2, 0.25) is 5.02 Å². The molecular weight excluding hydrogens is 276 g/mol. The average molecular weight is 299 g/mol. The van der Waals surface area contributed by atoms with Crippen LogP contribution in [0, 0.1) is 12.8 Å². The van der Waals surface area contributed by atoms with Crippen LogP contribution >= 0.6 is 23.4 Å². The van der Waals surface area contributed by atoms with Gasteiger partial charge in [0.05, 0.1) is 0 Å². The van der Waals surface area contributed by atoms with Crippen LogP contribution in [0.15, 0.2) is 18.2 Å². The lowest BCUT2D eigenvalue weighted by molar-refractivity contribution is 0.366. The molecule has 0 radical (unpaired) electrons. The van der Waals surface area contributed by atoms with Gasteiger partial charge in [-0.1, -0.05) is 23.7 Å². The van der Waals surface area contributed by atoms with E-state index in [4.69, 9.17) is 17.4 Å². The molecule has 1 atom stereocenters. The second-order valence-corrected chi connectivity index (χ2v) is 7.09. The van der Waals surface area contributed by atoms with E-state index in [0.29, 0.717) is 6.04 Å². The molecule has 1 aromatic carbocycles. The highest BCUT2D eigenvalue weighted by atomic mass is 35.5. The van der Waals surface area contributed by atoms with Crippen LogP contribution in [-0.2, 0) is 6.42 Å². The third kappa shape index (κ3) is 4.67. The topological polar surface area (TPSA) is 38.0 Å². The van der Waals surface area contributed by atoms with E-state index in [1.165, 1.54) is 35.5 Å². The SMILES string of the molecule is Cc1ccc(CC(CC2CCSCC2)NN)c(Cl)c1. The van der Waals surface area contributed by atoms with E-state index in [2.05, 4.69) is 36.2 Å². The fraction of sp³-hybridized carbons (Fsp3) is 0.600. The molecule has 4 heteroatoms. The third-order valence-corrected chi connectivity index (χ3v) is 5.27. The Balaban J connectivity index is 1.94. The van der Waals surface area contributed by atoms with Crippen molar-refractivity contribution in [3.8, 4) is 0 Å². The molecular formula is C15H23ClN2S. The van der Waals surface area contributed by atoms with Gasteiger partial charge in [0.2, 0.25) is 0 Å². The summed E-state index contributed by atoms with van der Waals surface area (Å²) in [6, 6.07) is 6.60. The van der Waals surface area contributed by atoms with Crippen molar-refractivity contribution < 1.29 is 0 Å². The van der Waals surface area contributed by atoms with E-state index < -0.39 is 0 Å². The Morgan fingerprint density at radius 2 is 2.16 bits per heavy atom. The summed E-state index contributed by atoms with van der Waals surface area (Å²) in [4.78, 5) is 0. The highest BCUT2D eigenvalue weighted by Gasteiger charge is 2.19. The maximum absolute atomic E-state index is 6.30. The van der Waals surface area contributed by atoms with Crippen LogP contribution in [0.4, 0.5) is 0 Å². The number of nitrogens with one attached hydrogen (secondary N) is 1. The Bertz CT molecular complexity index is 405. The minimum atomic E-state index is 0.327. The predicted octanol–water partition coefficient (Wildman–Crippen LogP) is 3.56. The van der Waals surface area contributed by atoms with Gasteiger partial charge < -0.3 is 0 Å². The second kappa shape index (κ2) is 7.53. The van der Waals surface area contributed by atoms with Gasteiger partial charge in [-0.15, -0.1) is 0 Å². The van der Waals surface area contributed by atoms with E-state index >= 15 is 0 Å². The van der Waals surface area contributed by atoms with Gasteiger partial charge in [-0.05, 0) is 67.2 Å². The fourth-order valence-corrected chi connectivity index (χ4v) is 4.19. The summed E-state index contributed by atoms with van der Waals surface area (Å²) in [5.74, 6) is 9.13. The highest BCUT2D eigenvalue weighted by molar-refractivity contribution is 7.99. The number of benzene rings is 1. The van der Waals surface area contributed by atoms with Gasteiger partial charge in [-0.25, -0.2) is 0 Å². The minimum absolute atomic E-state index is 0.327. The van der Waals surface area contributed by atoms with Gasteiger partial charge in [-0.3, -0.25) is 11.3 Å². The van der Waals surface area contributed by atoms with Crippen molar-refractivity contribution >= 4 is 23.4 Å². The Hall–Kier alpha value is -0.220. The van der Waals surface area contributed by atoms with Crippen molar-refractivity contribution in [1.82, 2.24) is 5.43 Å². The van der Waals surface area contributed by atoms with E-state index in [9.17, 15) is 0 Å². The summed E-state index contributed by atoms with van der Waals surface area (Å²) in [5.41, 5.74) is 5.37. The summed E-state index contributed by atoms with van der Waals surface area (Å²) in [7, 11) is 0. The van der Waals surface area contributed by atoms with Crippen molar-refractivity contribution in [1.29, 1.82) is 0 Å². The molecule has 1 aliphatic heterocycles. The van der Waals surface area contributed by atoms with Crippen LogP contribution in [0.1, 0.15) is 30.4 Å². The fourth-order valence-electron chi connectivity index (χ4n) is 2.68. The lowest BCUT2D eigenvalue weighted by Gasteiger charge is -2.26. The highest BCUT2D eigenvalue weighted by Crippen LogP contribution is 2.28. The van der Waals surface area contributed by atoms with Gasteiger partial charge in [0.1, 0.15) is 0 Å². The smallest absolute Gasteiger partial charge is 0.0441 e. The van der Waals surface area contributed by atoms with Crippen molar-refractivity contribution in [2.45, 2.75) is 38.6 Å². The van der Waals surface area contributed by atoms with Gasteiger partial charge in [0.15, 0.2) is 0 Å². The first-order chi connectivity index (χ1) is 9.19. The van der Waals surface area contributed by atoms with Crippen LogP contribution in [0.5, 0.6) is 0 Å². The Morgan fingerprint density at radius 1 is 1.42 bits per heavy atom. The Labute approximate surface area is 125 Å². The zero-order chi connectivity index (χ0) is 13.7. The average Bonchev–Trinajstić information content (AvgIpc) is 2.42. The molecule has 19 heavy (non-hydrogen) atoms. The molecule has 1 fully saturated rings. The lowest BCUT2D eigenvalue weighted by Crippen LogP contribution is -2.38. The first kappa shape index (κ1) is 15.2. The minimum Gasteiger partial charge on any atom is -0.271 e. The summed E-state index contributed by atoms with van der Waals surface area (Å²) >= 11 is 8.37. The predicted molar refractivity (Wildman–Crippen MR) is 85.7 cm³/mol. The molecule has 0 amide bonds. The number of thioether (sulfide) groups is 1. The maximum Gasteiger partial charge on any atom is 0.0441 e. The lowest BCUT2D eigenvalue weighted by atomic mass is 9.91. The molecule has 1 aromatic rings. The molecule has 1 aliphatic rings. The molecule has 0 spiro atoms. The maximum atomic E-state index is 6.30. The Kier molecular flexibility index (Phi) is 6.02. The van der Waals surface area contributed by atoms with E-state index in [1.54, 1.807) is 0 Å². The number of rotatable bonds is 5. The van der Waals surface area contributed by atoms with Crippen molar-refractivity contribution in [3.05, 3.63) is 34.3 Å². The van der Waals surface area contributed by atoms with Gasteiger partial charge in [-0.2, -0.15) is 11.8 Å². The van der Waals surface area contributed by atoms with Crippen molar-refractivity contribution in [2.24, 2.45) is 11.8 Å². The van der Waals surface area contributed by atoms with Crippen LogP contribution in [-0.4, -0.2) is 17.5 Å². The standard InChI is InChI=1S/C15H23ClN2S/c1-11-2-3-13(15(16)8-11)10-14(18-17)9-12-4-6-19-7-5-12/h2-3,8,12,14,18H,4-7,9-10,17H2,1H3. The summed E-state index contributed by atoms with van der Waals surface area (Å²) in [6.07, 6.45) is 4.72. The zero-order valence-electron chi connectivity index (χ0n) is 11.5. The molecule has 106 valence electrons. The summed E-state index contributed by atoms with van der Waals surface area (Å²) < 4.78 is 0. The first-order valence-corrected chi connectivity index (χ1v) is 8.51. The van der Waals surface area contributed by atoms with Gasteiger partial charge in [0.25, 0.3) is 0 Å². The molecule has 2 nitrogen and oxygen atoms in total. The summed E-state index contributed by atoms with van der Waals surface area (Å²) in [6.45, 7) is 2.06. The van der Waals surface area contributed by atoms with Crippen molar-refractivity contribution in [3.63, 3.8) is 0 Å². The number of nitrogens with two attached hydrogens (primary N) is 1. The number of aryl methyl sites for hydroxylation is 1. The largest absolute Gasteiger partial charge is 0.271 e. The molecule has 1 saturated heterocycles. The molecule has 1 unspecified atom stereocenters. The van der Waals surface area contributed by atoms with Crippen LogP contribution in [0.3, 0.4) is 0 Å². The monoisotopic (exact) mass is 298 g/mol. The Morgan fingerprint density at radius 3 is 2.79 bits per heavy atom. The number of halogens is 1.